The lowest BCUT2D eigenvalue weighted by molar-refractivity contribution is 0.329. The maximum absolute atomic E-state index is 4.28. The van der Waals surface area contributed by atoms with Gasteiger partial charge in [-0.25, -0.2) is 0 Å². The fourth-order valence-electron chi connectivity index (χ4n) is 2.19. The third kappa shape index (κ3) is 4.78. The summed E-state index contributed by atoms with van der Waals surface area (Å²) in [7, 11) is 2.18. The number of hydrogen-bond acceptors (Lipinski definition) is 3. The van der Waals surface area contributed by atoms with Crippen LogP contribution in [0.4, 0.5) is 5.69 Å². The molecule has 0 aliphatic heterocycles. The van der Waals surface area contributed by atoms with Crippen molar-refractivity contribution in [3.8, 4) is 0 Å². The largest absolute Gasteiger partial charge is 0.371 e. The molecule has 3 heteroatoms. The van der Waals surface area contributed by atoms with Gasteiger partial charge in [-0.15, -0.1) is 0 Å². The van der Waals surface area contributed by atoms with E-state index in [0.29, 0.717) is 12.0 Å². The van der Waals surface area contributed by atoms with Crippen molar-refractivity contribution < 1.29 is 0 Å². The first kappa shape index (κ1) is 17.0. The Labute approximate surface area is 124 Å². The van der Waals surface area contributed by atoms with Gasteiger partial charge in [0, 0.05) is 43.3 Å². The van der Waals surface area contributed by atoms with E-state index < -0.39 is 0 Å². The zero-order chi connectivity index (χ0) is 15.3. The molecule has 114 valence electrons. The molecular weight excluding hydrogens is 246 g/mol. The van der Waals surface area contributed by atoms with Crippen LogP contribution >= 0.6 is 0 Å². The molecule has 1 aromatic heterocycles. The molecule has 0 bridgehead atoms. The van der Waals surface area contributed by atoms with Crippen LogP contribution in [0, 0.1) is 11.3 Å². The summed E-state index contributed by atoms with van der Waals surface area (Å²) in [5, 5.41) is 3.51. The van der Waals surface area contributed by atoms with Crippen molar-refractivity contribution in [3.63, 3.8) is 0 Å². The first-order valence-corrected chi connectivity index (χ1v) is 7.60. The fraction of sp³-hybridized carbons (Fsp3) is 0.706. The van der Waals surface area contributed by atoms with Gasteiger partial charge in [0.2, 0.25) is 0 Å². The van der Waals surface area contributed by atoms with Gasteiger partial charge in [-0.2, -0.15) is 0 Å². The molecular formula is C17H31N3. The molecule has 3 nitrogen and oxygen atoms in total. The predicted octanol–water partition coefficient (Wildman–Crippen LogP) is 3.70. The number of nitrogens with one attached hydrogen (secondary N) is 1. The average Bonchev–Trinajstić information content (AvgIpc) is 2.36. The summed E-state index contributed by atoms with van der Waals surface area (Å²) >= 11 is 0. The summed E-state index contributed by atoms with van der Waals surface area (Å²) in [5.74, 6) is 0.668. The number of aromatic nitrogens is 1. The second-order valence-corrected chi connectivity index (χ2v) is 7.18. The van der Waals surface area contributed by atoms with Crippen molar-refractivity contribution in [2.24, 2.45) is 11.3 Å². The lowest BCUT2D eigenvalue weighted by Gasteiger charge is -2.37. The fourth-order valence-corrected chi connectivity index (χ4v) is 2.19. The molecule has 1 unspecified atom stereocenters. The Morgan fingerprint density at radius 3 is 2.45 bits per heavy atom. The summed E-state index contributed by atoms with van der Waals surface area (Å²) in [6.45, 7) is 15.5. The molecule has 1 rings (SSSR count). The zero-order valence-corrected chi connectivity index (χ0v) is 14.2. The van der Waals surface area contributed by atoms with Crippen LogP contribution in [-0.4, -0.2) is 24.6 Å². The molecule has 1 N–H and O–H groups in total. The molecule has 0 amide bonds. The van der Waals surface area contributed by atoms with E-state index in [-0.39, 0.29) is 5.41 Å². The standard InChI is InChI=1S/C17H31N3/c1-13(2)10-19-12-15-11-18-9-8-16(15)20(7)14(3)17(4,5)6/h8-9,11,13-14,19H,10,12H2,1-7H3. The molecule has 0 spiro atoms. The third-order valence-electron chi connectivity index (χ3n) is 3.96. The van der Waals surface area contributed by atoms with Gasteiger partial charge in [-0.1, -0.05) is 34.6 Å². The predicted molar refractivity (Wildman–Crippen MR) is 88.1 cm³/mol. The van der Waals surface area contributed by atoms with Crippen LogP contribution in [0.5, 0.6) is 0 Å². The van der Waals surface area contributed by atoms with Gasteiger partial charge >= 0.3 is 0 Å². The highest BCUT2D eigenvalue weighted by Gasteiger charge is 2.25. The van der Waals surface area contributed by atoms with Crippen LogP contribution in [0.15, 0.2) is 18.5 Å². The number of nitrogens with zero attached hydrogens (tertiary/aromatic N) is 2. The van der Waals surface area contributed by atoms with Gasteiger partial charge in [-0.05, 0) is 30.9 Å². The molecule has 0 fully saturated rings. The lowest BCUT2D eigenvalue weighted by atomic mass is 9.87. The van der Waals surface area contributed by atoms with Gasteiger partial charge < -0.3 is 10.2 Å². The number of anilines is 1. The lowest BCUT2D eigenvalue weighted by Crippen LogP contribution is -2.40. The van der Waals surface area contributed by atoms with Gasteiger partial charge in [0.05, 0.1) is 0 Å². The molecule has 0 saturated heterocycles. The Morgan fingerprint density at radius 1 is 1.25 bits per heavy atom. The number of hydrogen-bond donors (Lipinski definition) is 1. The van der Waals surface area contributed by atoms with Gasteiger partial charge in [0.1, 0.15) is 0 Å². The molecule has 0 radical (unpaired) electrons. The van der Waals surface area contributed by atoms with Crippen LogP contribution in [0.3, 0.4) is 0 Å². The molecule has 1 aromatic rings. The van der Waals surface area contributed by atoms with Crippen molar-refractivity contribution >= 4 is 5.69 Å². The molecule has 0 saturated carbocycles. The molecule has 1 heterocycles. The third-order valence-corrected chi connectivity index (χ3v) is 3.96. The Kier molecular flexibility index (Phi) is 6.00. The minimum Gasteiger partial charge on any atom is -0.371 e. The van der Waals surface area contributed by atoms with E-state index >= 15 is 0 Å². The van der Waals surface area contributed by atoms with Crippen LogP contribution < -0.4 is 10.2 Å². The minimum atomic E-state index is 0.251. The second-order valence-electron chi connectivity index (χ2n) is 7.18. The quantitative estimate of drug-likeness (QED) is 0.859. The van der Waals surface area contributed by atoms with Gasteiger partial charge in [-0.3, -0.25) is 4.98 Å². The van der Waals surface area contributed by atoms with E-state index in [9.17, 15) is 0 Å². The Bertz CT molecular complexity index is 407. The first-order chi connectivity index (χ1) is 9.23. The van der Waals surface area contributed by atoms with E-state index in [1.54, 1.807) is 0 Å². The highest BCUT2D eigenvalue weighted by Crippen LogP contribution is 2.28. The normalized spacial score (nSPS) is 13.6. The van der Waals surface area contributed by atoms with E-state index in [4.69, 9.17) is 0 Å². The van der Waals surface area contributed by atoms with Crippen LogP contribution in [-0.2, 0) is 6.54 Å². The van der Waals surface area contributed by atoms with Crippen molar-refractivity contribution in [3.05, 3.63) is 24.0 Å². The van der Waals surface area contributed by atoms with Crippen LogP contribution in [0.2, 0.25) is 0 Å². The minimum absolute atomic E-state index is 0.251. The van der Waals surface area contributed by atoms with E-state index in [2.05, 4.69) is 69.9 Å². The molecule has 0 aromatic carbocycles. The second kappa shape index (κ2) is 7.07. The maximum Gasteiger partial charge on any atom is 0.0442 e. The van der Waals surface area contributed by atoms with Crippen molar-refractivity contribution in [2.75, 3.05) is 18.5 Å². The van der Waals surface area contributed by atoms with E-state index in [1.807, 2.05) is 12.4 Å². The summed E-state index contributed by atoms with van der Waals surface area (Å²) < 4.78 is 0. The number of rotatable bonds is 6. The summed E-state index contributed by atoms with van der Waals surface area (Å²) in [6.07, 6.45) is 3.86. The molecule has 0 aliphatic rings. The topological polar surface area (TPSA) is 28.2 Å². The Hall–Kier alpha value is -1.09. The SMILES string of the molecule is CC(C)CNCc1cnccc1N(C)C(C)C(C)(C)C. The number of pyridine rings is 1. The van der Waals surface area contributed by atoms with Crippen LogP contribution in [0.1, 0.15) is 47.1 Å². The Balaban J connectivity index is 2.84. The van der Waals surface area contributed by atoms with Gasteiger partial charge in [0.15, 0.2) is 0 Å². The summed E-state index contributed by atoms with van der Waals surface area (Å²) in [6, 6.07) is 2.59. The smallest absolute Gasteiger partial charge is 0.0442 e. The van der Waals surface area contributed by atoms with Crippen molar-refractivity contribution in [1.82, 2.24) is 10.3 Å². The zero-order valence-electron chi connectivity index (χ0n) is 14.2. The highest BCUT2D eigenvalue weighted by molar-refractivity contribution is 5.52. The van der Waals surface area contributed by atoms with E-state index in [1.165, 1.54) is 11.3 Å². The van der Waals surface area contributed by atoms with Gasteiger partial charge in [0.25, 0.3) is 0 Å². The average molecular weight is 277 g/mol. The molecule has 0 aliphatic carbocycles. The van der Waals surface area contributed by atoms with Crippen molar-refractivity contribution in [1.29, 1.82) is 0 Å². The highest BCUT2D eigenvalue weighted by atomic mass is 15.1. The van der Waals surface area contributed by atoms with Crippen molar-refractivity contribution in [2.45, 2.75) is 54.1 Å². The molecule has 1 atom stereocenters. The maximum atomic E-state index is 4.28. The monoisotopic (exact) mass is 277 g/mol. The summed E-state index contributed by atoms with van der Waals surface area (Å²) in [4.78, 5) is 6.65. The summed E-state index contributed by atoms with van der Waals surface area (Å²) in [5.41, 5.74) is 2.80. The molecule has 20 heavy (non-hydrogen) atoms. The first-order valence-electron chi connectivity index (χ1n) is 7.60. The van der Waals surface area contributed by atoms with E-state index in [0.717, 1.165) is 13.1 Å². The van der Waals surface area contributed by atoms with Crippen LogP contribution in [0.25, 0.3) is 0 Å². The Morgan fingerprint density at radius 2 is 1.90 bits per heavy atom.